The van der Waals surface area contributed by atoms with Crippen LogP contribution < -0.4 is 5.32 Å². The number of carbonyl (C=O) groups excluding carboxylic acids is 1. The molecule has 0 spiro atoms. The van der Waals surface area contributed by atoms with Crippen LogP contribution in [-0.4, -0.2) is 27.2 Å². The number of hydrogen-bond donors (Lipinski definition) is 2. The van der Waals surface area contributed by atoms with Crippen LogP contribution in [0, 0.1) is 22.5 Å². The molecular formula is C14H20N4OS. The predicted molar refractivity (Wildman–Crippen MR) is 76.7 cm³/mol. The third kappa shape index (κ3) is 2.41. The number of rotatable bonds is 6. The first-order valence-corrected chi connectivity index (χ1v) is 8.08. The molecule has 0 aliphatic heterocycles. The van der Waals surface area contributed by atoms with E-state index in [0.717, 1.165) is 24.6 Å². The number of nitrogens with zero attached hydrogens (tertiary/aromatic N) is 2. The van der Waals surface area contributed by atoms with Crippen molar-refractivity contribution in [1.29, 1.82) is 0 Å². The van der Waals surface area contributed by atoms with Gasteiger partial charge in [0.05, 0.1) is 0 Å². The fraction of sp³-hybridized carbons (Fsp3) is 0.786. The summed E-state index contributed by atoms with van der Waals surface area (Å²) in [5, 5.41) is 10.2. The lowest BCUT2D eigenvalue weighted by atomic mass is 10.2. The SMILES string of the molecule is O=C(NCCc1n[nH]c(=S)n1C1CC1)[C@H]1C[C@@H]1C1CC1. The van der Waals surface area contributed by atoms with E-state index in [0.29, 0.717) is 29.2 Å². The highest BCUT2D eigenvalue weighted by molar-refractivity contribution is 7.71. The molecule has 3 saturated carbocycles. The van der Waals surface area contributed by atoms with Crippen LogP contribution in [0.15, 0.2) is 0 Å². The van der Waals surface area contributed by atoms with E-state index in [1.807, 2.05) is 0 Å². The smallest absolute Gasteiger partial charge is 0.223 e. The summed E-state index contributed by atoms with van der Waals surface area (Å²) in [7, 11) is 0. The molecule has 6 heteroatoms. The van der Waals surface area contributed by atoms with E-state index in [9.17, 15) is 4.79 Å². The maximum absolute atomic E-state index is 12.0. The number of nitrogens with one attached hydrogen (secondary N) is 2. The van der Waals surface area contributed by atoms with Gasteiger partial charge in [-0.3, -0.25) is 9.89 Å². The summed E-state index contributed by atoms with van der Waals surface area (Å²) in [5.74, 6) is 3.07. The largest absolute Gasteiger partial charge is 0.355 e. The Morgan fingerprint density at radius 2 is 2.20 bits per heavy atom. The van der Waals surface area contributed by atoms with Gasteiger partial charge in [0.25, 0.3) is 0 Å². The Morgan fingerprint density at radius 3 is 2.90 bits per heavy atom. The Hall–Kier alpha value is -1.17. The molecule has 4 rings (SSSR count). The number of hydrogen-bond acceptors (Lipinski definition) is 3. The van der Waals surface area contributed by atoms with Gasteiger partial charge in [0.15, 0.2) is 4.77 Å². The minimum absolute atomic E-state index is 0.244. The van der Waals surface area contributed by atoms with Gasteiger partial charge in [0.1, 0.15) is 5.82 Å². The Kier molecular flexibility index (Phi) is 2.94. The molecule has 1 aromatic rings. The topological polar surface area (TPSA) is 62.7 Å². The van der Waals surface area contributed by atoms with E-state index in [4.69, 9.17) is 12.2 Å². The fourth-order valence-corrected chi connectivity index (χ4v) is 3.51. The molecule has 0 unspecified atom stereocenters. The maximum atomic E-state index is 12.0. The molecule has 1 amide bonds. The molecule has 3 aliphatic carbocycles. The van der Waals surface area contributed by atoms with Gasteiger partial charge in [-0.2, -0.15) is 5.10 Å². The zero-order chi connectivity index (χ0) is 13.7. The monoisotopic (exact) mass is 292 g/mol. The lowest BCUT2D eigenvalue weighted by Crippen LogP contribution is -2.28. The molecule has 0 radical (unpaired) electrons. The third-order valence-corrected chi connectivity index (χ3v) is 5.03. The van der Waals surface area contributed by atoms with E-state index >= 15 is 0 Å². The average Bonchev–Trinajstić information content (AvgIpc) is 3.28. The minimum atomic E-state index is 0.244. The Bertz CT molecular complexity index is 584. The van der Waals surface area contributed by atoms with Crippen molar-refractivity contribution in [3.63, 3.8) is 0 Å². The molecule has 1 aromatic heterocycles. The molecule has 0 saturated heterocycles. The zero-order valence-corrected chi connectivity index (χ0v) is 12.3. The second-order valence-electron chi connectivity index (χ2n) is 6.43. The van der Waals surface area contributed by atoms with Gasteiger partial charge in [-0.25, -0.2) is 0 Å². The van der Waals surface area contributed by atoms with Gasteiger partial charge in [-0.1, -0.05) is 0 Å². The second kappa shape index (κ2) is 4.69. The van der Waals surface area contributed by atoms with Crippen molar-refractivity contribution in [2.45, 2.75) is 44.6 Å². The third-order valence-electron chi connectivity index (χ3n) is 4.74. The highest BCUT2D eigenvalue weighted by atomic mass is 32.1. The highest BCUT2D eigenvalue weighted by Crippen LogP contribution is 2.54. The van der Waals surface area contributed by atoms with E-state index in [1.165, 1.54) is 25.7 Å². The molecule has 5 nitrogen and oxygen atoms in total. The number of aromatic amines is 1. The highest BCUT2D eigenvalue weighted by Gasteiger charge is 2.50. The number of amides is 1. The van der Waals surface area contributed by atoms with Gasteiger partial charge in [-0.05, 0) is 56.2 Å². The average molecular weight is 292 g/mol. The molecule has 3 aliphatic rings. The summed E-state index contributed by atoms with van der Waals surface area (Å²) < 4.78 is 2.83. The number of carbonyl (C=O) groups is 1. The van der Waals surface area contributed by atoms with Crippen molar-refractivity contribution in [1.82, 2.24) is 20.1 Å². The first kappa shape index (κ1) is 12.6. The van der Waals surface area contributed by atoms with Gasteiger partial charge in [0.2, 0.25) is 5.91 Å². The van der Waals surface area contributed by atoms with Crippen molar-refractivity contribution in [2.75, 3.05) is 6.54 Å². The quantitative estimate of drug-likeness (QED) is 0.788. The van der Waals surface area contributed by atoms with Crippen molar-refractivity contribution in [3.8, 4) is 0 Å². The normalized spacial score (nSPS) is 28.4. The minimum Gasteiger partial charge on any atom is -0.355 e. The van der Waals surface area contributed by atoms with Crippen molar-refractivity contribution in [3.05, 3.63) is 10.6 Å². The first-order chi connectivity index (χ1) is 9.74. The van der Waals surface area contributed by atoms with Crippen LogP contribution in [0.5, 0.6) is 0 Å². The maximum Gasteiger partial charge on any atom is 0.223 e. The fourth-order valence-electron chi connectivity index (χ4n) is 3.21. The molecule has 1 heterocycles. The zero-order valence-electron chi connectivity index (χ0n) is 11.5. The molecule has 20 heavy (non-hydrogen) atoms. The lowest BCUT2D eigenvalue weighted by molar-refractivity contribution is -0.122. The summed E-state index contributed by atoms with van der Waals surface area (Å²) in [6.07, 6.45) is 6.93. The van der Waals surface area contributed by atoms with Crippen molar-refractivity contribution < 1.29 is 4.79 Å². The predicted octanol–water partition coefficient (Wildman–Crippen LogP) is 1.98. The molecule has 0 aromatic carbocycles. The van der Waals surface area contributed by atoms with Gasteiger partial charge in [-0.15, -0.1) is 0 Å². The van der Waals surface area contributed by atoms with E-state index < -0.39 is 0 Å². The molecule has 2 atom stereocenters. The van der Waals surface area contributed by atoms with Gasteiger partial charge in [0, 0.05) is 24.9 Å². The summed E-state index contributed by atoms with van der Waals surface area (Å²) in [5.41, 5.74) is 0. The van der Waals surface area contributed by atoms with Crippen molar-refractivity contribution >= 4 is 18.1 Å². The summed E-state index contributed by atoms with van der Waals surface area (Å²) in [4.78, 5) is 12.0. The van der Waals surface area contributed by atoms with Crippen LogP contribution in [0.3, 0.4) is 0 Å². The van der Waals surface area contributed by atoms with Crippen LogP contribution in [0.1, 0.15) is 44.0 Å². The first-order valence-electron chi connectivity index (χ1n) is 7.67. The number of H-pyrrole nitrogens is 1. The Balaban J connectivity index is 1.28. The van der Waals surface area contributed by atoms with Crippen LogP contribution in [0.25, 0.3) is 0 Å². The van der Waals surface area contributed by atoms with Crippen LogP contribution in [-0.2, 0) is 11.2 Å². The second-order valence-corrected chi connectivity index (χ2v) is 6.82. The van der Waals surface area contributed by atoms with Crippen LogP contribution in [0.4, 0.5) is 0 Å². The molecule has 108 valence electrons. The standard InChI is InChI=1S/C14H20N4OS/c19-13(11-7-10(11)8-1-2-8)15-6-5-12-16-17-14(20)18(12)9-3-4-9/h8-11H,1-7H2,(H,15,19)(H,17,20)/t10-,11+/m1/s1. The molecule has 2 N–H and O–H groups in total. The van der Waals surface area contributed by atoms with Crippen LogP contribution in [0.2, 0.25) is 0 Å². The Morgan fingerprint density at radius 1 is 1.40 bits per heavy atom. The van der Waals surface area contributed by atoms with E-state index in [1.54, 1.807) is 0 Å². The Labute approximate surface area is 123 Å². The molecule has 3 fully saturated rings. The van der Waals surface area contributed by atoms with Gasteiger partial charge >= 0.3 is 0 Å². The lowest BCUT2D eigenvalue weighted by Gasteiger charge is -2.06. The molecular weight excluding hydrogens is 272 g/mol. The van der Waals surface area contributed by atoms with Crippen molar-refractivity contribution in [2.24, 2.45) is 17.8 Å². The summed E-state index contributed by atoms with van der Waals surface area (Å²) >= 11 is 5.25. The summed E-state index contributed by atoms with van der Waals surface area (Å²) in [6, 6.07) is 0.537. The van der Waals surface area contributed by atoms with E-state index in [2.05, 4.69) is 20.1 Å². The van der Waals surface area contributed by atoms with E-state index in [-0.39, 0.29) is 5.91 Å². The summed E-state index contributed by atoms with van der Waals surface area (Å²) in [6.45, 7) is 0.666. The number of aromatic nitrogens is 3. The van der Waals surface area contributed by atoms with Gasteiger partial charge < -0.3 is 9.88 Å². The molecule has 0 bridgehead atoms. The van der Waals surface area contributed by atoms with Crippen LogP contribution >= 0.6 is 12.2 Å².